The molecule has 4 nitrogen and oxygen atoms in total. The predicted molar refractivity (Wildman–Crippen MR) is 69.8 cm³/mol. The molecule has 0 radical (unpaired) electrons. The number of hydrogen-bond acceptors (Lipinski definition) is 4. The summed E-state index contributed by atoms with van der Waals surface area (Å²) in [6, 6.07) is 0. The Morgan fingerprint density at radius 2 is 1.76 bits per heavy atom. The van der Waals surface area contributed by atoms with Gasteiger partial charge in [0.1, 0.15) is 0 Å². The molecule has 0 aromatic heterocycles. The maximum atomic E-state index is 11.4. The van der Waals surface area contributed by atoms with E-state index in [4.69, 9.17) is 10.5 Å². The van der Waals surface area contributed by atoms with Crippen LogP contribution in [0.15, 0.2) is 0 Å². The molecule has 1 saturated carbocycles. The summed E-state index contributed by atoms with van der Waals surface area (Å²) >= 11 is 0. The van der Waals surface area contributed by atoms with Crippen molar-refractivity contribution in [3.05, 3.63) is 0 Å². The van der Waals surface area contributed by atoms with Crippen molar-refractivity contribution in [3.63, 3.8) is 0 Å². The fourth-order valence-electron chi connectivity index (χ4n) is 2.31. The molecule has 0 atom stereocenters. The van der Waals surface area contributed by atoms with Crippen LogP contribution in [0.4, 0.5) is 0 Å². The van der Waals surface area contributed by atoms with Crippen LogP contribution < -0.4 is 5.73 Å². The molecule has 0 bridgehead atoms. The molecule has 0 aromatic rings. The van der Waals surface area contributed by atoms with Gasteiger partial charge < -0.3 is 10.5 Å². The lowest BCUT2D eigenvalue weighted by Gasteiger charge is -2.31. The molecule has 1 aliphatic carbocycles. The molecule has 1 fully saturated rings. The largest absolute Gasteiger partial charge is 0.373 e. The summed E-state index contributed by atoms with van der Waals surface area (Å²) in [6.07, 6.45) is 6.68. The second kappa shape index (κ2) is 6.71. The standard InChI is InChI=1S/C12H25NO3S/c1-2-17(14,15)10-9-16-12(11-13)7-5-3-4-6-8-12/h2-11,13H2,1H3. The van der Waals surface area contributed by atoms with E-state index in [1.807, 2.05) is 0 Å². The summed E-state index contributed by atoms with van der Waals surface area (Å²) in [5, 5.41) is 0. The number of sulfone groups is 1. The van der Waals surface area contributed by atoms with Gasteiger partial charge in [-0.2, -0.15) is 0 Å². The zero-order valence-corrected chi connectivity index (χ0v) is 11.6. The third-order valence-corrected chi connectivity index (χ3v) is 5.30. The minimum absolute atomic E-state index is 0.116. The van der Waals surface area contributed by atoms with Crippen LogP contribution in [0.25, 0.3) is 0 Å². The van der Waals surface area contributed by atoms with E-state index in [1.54, 1.807) is 6.92 Å². The molecule has 0 heterocycles. The van der Waals surface area contributed by atoms with Crippen molar-refractivity contribution in [2.24, 2.45) is 5.73 Å². The molecule has 17 heavy (non-hydrogen) atoms. The average molecular weight is 263 g/mol. The number of rotatable bonds is 6. The van der Waals surface area contributed by atoms with Crippen molar-refractivity contribution in [2.45, 2.75) is 51.0 Å². The molecule has 1 rings (SSSR count). The lowest BCUT2D eigenvalue weighted by Crippen LogP contribution is -2.41. The predicted octanol–water partition coefficient (Wildman–Crippen LogP) is 1.49. The van der Waals surface area contributed by atoms with Gasteiger partial charge in [0.15, 0.2) is 9.84 Å². The van der Waals surface area contributed by atoms with E-state index in [0.717, 1.165) is 25.7 Å². The van der Waals surface area contributed by atoms with E-state index in [9.17, 15) is 8.42 Å². The third kappa shape index (κ3) is 4.94. The van der Waals surface area contributed by atoms with Crippen LogP contribution in [-0.4, -0.2) is 38.7 Å². The highest BCUT2D eigenvalue weighted by Crippen LogP contribution is 2.29. The molecule has 5 heteroatoms. The Bertz CT molecular complexity index is 306. The van der Waals surface area contributed by atoms with Gasteiger partial charge in [0.05, 0.1) is 18.0 Å². The minimum Gasteiger partial charge on any atom is -0.373 e. The van der Waals surface area contributed by atoms with Gasteiger partial charge in [0.2, 0.25) is 0 Å². The first kappa shape index (κ1) is 14.9. The van der Waals surface area contributed by atoms with Gasteiger partial charge in [0, 0.05) is 12.3 Å². The molecule has 2 N–H and O–H groups in total. The highest BCUT2D eigenvalue weighted by atomic mass is 32.2. The SMILES string of the molecule is CCS(=O)(=O)CCOC1(CN)CCCCCC1. The Balaban J connectivity index is 2.45. The van der Waals surface area contributed by atoms with Crippen molar-refractivity contribution < 1.29 is 13.2 Å². The summed E-state index contributed by atoms with van der Waals surface area (Å²) in [4.78, 5) is 0. The van der Waals surface area contributed by atoms with E-state index >= 15 is 0 Å². The molecule has 0 unspecified atom stereocenters. The molecule has 0 saturated heterocycles. The third-order valence-electron chi connectivity index (χ3n) is 3.63. The van der Waals surface area contributed by atoms with Crippen LogP contribution >= 0.6 is 0 Å². The van der Waals surface area contributed by atoms with Gasteiger partial charge >= 0.3 is 0 Å². The number of ether oxygens (including phenoxy) is 1. The van der Waals surface area contributed by atoms with E-state index in [2.05, 4.69) is 0 Å². The summed E-state index contributed by atoms with van der Waals surface area (Å²) < 4.78 is 28.6. The lowest BCUT2D eigenvalue weighted by atomic mass is 9.94. The number of nitrogens with two attached hydrogens (primary N) is 1. The topological polar surface area (TPSA) is 69.4 Å². The number of hydrogen-bond donors (Lipinski definition) is 1. The highest BCUT2D eigenvalue weighted by Gasteiger charge is 2.30. The Hall–Kier alpha value is -0.130. The van der Waals surface area contributed by atoms with E-state index in [0.29, 0.717) is 6.54 Å². The van der Waals surface area contributed by atoms with E-state index < -0.39 is 9.84 Å². The molecule has 1 aliphatic rings. The monoisotopic (exact) mass is 263 g/mol. The van der Waals surface area contributed by atoms with Crippen LogP contribution in [0.2, 0.25) is 0 Å². The first-order chi connectivity index (χ1) is 8.04. The quantitative estimate of drug-likeness (QED) is 0.737. The van der Waals surface area contributed by atoms with Gasteiger partial charge in [-0.05, 0) is 12.8 Å². The molecule has 0 amide bonds. The second-order valence-electron chi connectivity index (χ2n) is 4.89. The Kier molecular flexibility index (Phi) is 5.89. The van der Waals surface area contributed by atoms with Crippen molar-refractivity contribution in [1.29, 1.82) is 0 Å². The normalized spacial score (nSPS) is 21.1. The molecular formula is C12H25NO3S. The van der Waals surface area contributed by atoms with E-state index in [-0.39, 0.29) is 23.7 Å². The van der Waals surface area contributed by atoms with Crippen molar-refractivity contribution >= 4 is 9.84 Å². The smallest absolute Gasteiger partial charge is 0.152 e. The van der Waals surface area contributed by atoms with E-state index in [1.165, 1.54) is 12.8 Å². The van der Waals surface area contributed by atoms with Gasteiger partial charge in [-0.3, -0.25) is 0 Å². The molecular weight excluding hydrogens is 238 g/mol. The summed E-state index contributed by atoms with van der Waals surface area (Å²) in [5.41, 5.74) is 5.55. The van der Waals surface area contributed by atoms with Crippen molar-refractivity contribution in [2.75, 3.05) is 24.7 Å². The molecule has 102 valence electrons. The first-order valence-corrected chi connectivity index (χ1v) is 8.40. The fraction of sp³-hybridized carbons (Fsp3) is 1.00. The Labute approximate surface area is 105 Å². The van der Waals surface area contributed by atoms with Gasteiger partial charge in [-0.15, -0.1) is 0 Å². The lowest BCUT2D eigenvalue weighted by molar-refractivity contribution is -0.0420. The molecule has 0 aliphatic heterocycles. The summed E-state index contributed by atoms with van der Waals surface area (Å²) in [5.74, 6) is 0.303. The molecule has 0 spiro atoms. The fourth-order valence-corrected chi connectivity index (χ4v) is 2.94. The molecule has 0 aromatic carbocycles. The van der Waals surface area contributed by atoms with Gasteiger partial charge in [-0.1, -0.05) is 32.6 Å². The Morgan fingerprint density at radius 1 is 1.18 bits per heavy atom. The maximum absolute atomic E-state index is 11.4. The van der Waals surface area contributed by atoms with Gasteiger partial charge in [0.25, 0.3) is 0 Å². The van der Waals surface area contributed by atoms with Crippen molar-refractivity contribution in [1.82, 2.24) is 0 Å². The average Bonchev–Trinajstić information content (AvgIpc) is 2.55. The van der Waals surface area contributed by atoms with Crippen molar-refractivity contribution in [3.8, 4) is 0 Å². The minimum atomic E-state index is -2.93. The highest BCUT2D eigenvalue weighted by molar-refractivity contribution is 7.91. The zero-order chi connectivity index (χ0) is 12.8. The van der Waals surface area contributed by atoms with Crippen LogP contribution in [0.3, 0.4) is 0 Å². The second-order valence-corrected chi connectivity index (χ2v) is 7.36. The zero-order valence-electron chi connectivity index (χ0n) is 10.8. The van der Waals surface area contributed by atoms with Gasteiger partial charge in [-0.25, -0.2) is 8.42 Å². The summed E-state index contributed by atoms with van der Waals surface area (Å²) in [7, 11) is -2.93. The van der Waals surface area contributed by atoms with Crippen LogP contribution in [0.5, 0.6) is 0 Å². The first-order valence-electron chi connectivity index (χ1n) is 6.58. The van der Waals surface area contributed by atoms with Crippen LogP contribution in [0.1, 0.15) is 45.4 Å². The van der Waals surface area contributed by atoms with Crippen LogP contribution in [0, 0.1) is 0 Å². The Morgan fingerprint density at radius 3 is 2.24 bits per heavy atom. The maximum Gasteiger partial charge on any atom is 0.152 e. The summed E-state index contributed by atoms with van der Waals surface area (Å²) in [6.45, 7) is 2.45. The van der Waals surface area contributed by atoms with Crippen LogP contribution in [-0.2, 0) is 14.6 Å².